The maximum Gasteiger partial charge on any atom is 0.124 e. The molecule has 0 radical (unpaired) electrons. The van der Waals surface area contributed by atoms with Crippen LogP contribution >= 0.6 is 0 Å². The summed E-state index contributed by atoms with van der Waals surface area (Å²) >= 11 is 0. The summed E-state index contributed by atoms with van der Waals surface area (Å²) in [6.45, 7) is 0.500. The van der Waals surface area contributed by atoms with E-state index in [-0.39, 0.29) is 0 Å². The average molecular weight is 399 g/mol. The lowest BCUT2D eigenvalue weighted by molar-refractivity contribution is 0.213. The minimum absolute atomic E-state index is 0.427. The van der Waals surface area contributed by atoms with Crippen LogP contribution in [0.4, 0.5) is 0 Å². The Hall–Kier alpha value is -3.11. The molecule has 3 aromatic carbocycles. The molecule has 1 unspecified atom stereocenters. The first-order valence-corrected chi connectivity index (χ1v) is 10.7. The van der Waals surface area contributed by atoms with Gasteiger partial charge in [0.15, 0.2) is 0 Å². The van der Waals surface area contributed by atoms with Gasteiger partial charge < -0.3 is 9.84 Å². The van der Waals surface area contributed by atoms with Crippen LogP contribution in [0.5, 0.6) is 5.75 Å². The highest BCUT2D eigenvalue weighted by Crippen LogP contribution is 2.35. The molecule has 0 spiro atoms. The first-order chi connectivity index (χ1) is 14.8. The van der Waals surface area contributed by atoms with Gasteiger partial charge in [0.2, 0.25) is 0 Å². The van der Waals surface area contributed by atoms with Gasteiger partial charge in [-0.3, -0.25) is 4.68 Å². The average Bonchev–Trinajstić information content (AvgIpc) is 3.46. The van der Waals surface area contributed by atoms with E-state index in [1.165, 1.54) is 12.8 Å². The number of nitrogens with zero attached hydrogens (tertiary/aromatic N) is 2. The third kappa shape index (κ3) is 3.71. The van der Waals surface area contributed by atoms with Crippen molar-refractivity contribution in [3.63, 3.8) is 0 Å². The first-order valence-electron chi connectivity index (χ1n) is 10.7. The minimum atomic E-state index is -0.794. The molecule has 30 heavy (non-hydrogen) atoms. The topological polar surface area (TPSA) is 47.3 Å². The highest BCUT2D eigenvalue weighted by molar-refractivity contribution is 5.82. The van der Waals surface area contributed by atoms with E-state index in [1.807, 2.05) is 66.7 Å². The molecule has 1 aliphatic rings. The highest BCUT2D eigenvalue weighted by atomic mass is 16.5. The van der Waals surface area contributed by atoms with Crippen molar-refractivity contribution in [1.82, 2.24) is 9.78 Å². The van der Waals surface area contributed by atoms with Gasteiger partial charge in [0, 0.05) is 5.39 Å². The van der Waals surface area contributed by atoms with E-state index in [2.05, 4.69) is 16.8 Å². The Balaban J connectivity index is 1.43. The molecule has 1 aromatic heterocycles. The number of benzene rings is 3. The lowest BCUT2D eigenvalue weighted by Crippen LogP contribution is -2.08. The molecule has 0 aliphatic heterocycles. The van der Waals surface area contributed by atoms with Gasteiger partial charge in [-0.15, -0.1) is 0 Å². The van der Waals surface area contributed by atoms with Crippen LogP contribution in [-0.4, -0.2) is 14.9 Å². The zero-order valence-corrected chi connectivity index (χ0v) is 16.9. The quantitative estimate of drug-likeness (QED) is 0.446. The molecule has 1 heterocycles. The fraction of sp³-hybridized carbons (Fsp3) is 0.269. The second-order valence-electron chi connectivity index (χ2n) is 8.03. The SMILES string of the molecule is OC(c1cccc(OCc2ccccc2)c1)c1nn(C2CCCC2)c2ccccc12. The predicted molar refractivity (Wildman–Crippen MR) is 119 cm³/mol. The van der Waals surface area contributed by atoms with E-state index >= 15 is 0 Å². The molecular weight excluding hydrogens is 372 g/mol. The van der Waals surface area contributed by atoms with Crippen LogP contribution in [0, 0.1) is 0 Å². The molecule has 1 fully saturated rings. The van der Waals surface area contributed by atoms with E-state index in [1.54, 1.807) is 0 Å². The summed E-state index contributed by atoms with van der Waals surface area (Å²) in [4.78, 5) is 0. The molecule has 5 rings (SSSR count). The van der Waals surface area contributed by atoms with E-state index < -0.39 is 6.10 Å². The summed E-state index contributed by atoms with van der Waals surface area (Å²) in [5.41, 5.74) is 3.74. The zero-order chi connectivity index (χ0) is 20.3. The van der Waals surface area contributed by atoms with Crippen LogP contribution < -0.4 is 4.74 Å². The number of aliphatic hydroxyl groups excluding tert-OH is 1. The Morgan fingerprint density at radius 3 is 2.53 bits per heavy atom. The summed E-state index contributed by atoms with van der Waals surface area (Å²) in [6, 6.07) is 26.4. The van der Waals surface area contributed by atoms with Crippen LogP contribution in [-0.2, 0) is 6.61 Å². The summed E-state index contributed by atoms with van der Waals surface area (Å²) < 4.78 is 8.09. The highest BCUT2D eigenvalue weighted by Gasteiger charge is 2.24. The number of ether oxygens (including phenoxy) is 1. The van der Waals surface area contributed by atoms with Crippen LogP contribution in [0.1, 0.15) is 54.6 Å². The molecule has 1 aliphatic carbocycles. The number of rotatable bonds is 6. The largest absolute Gasteiger partial charge is 0.489 e. The Morgan fingerprint density at radius 1 is 0.933 bits per heavy atom. The summed E-state index contributed by atoms with van der Waals surface area (Å²) in [5, 5.41) is 17.1. The summed E-state index contributed by atoms with van der Waals surface area (Å²) in [5.74, 6) is 0.745. The fourth-order valence-corrected chi connectivity index (χ4v) is 4.42. The third-order valence-corrected chi connectivity index (χ3v) is 5.99. The molecule has 0 amide bonds. The van der Waals surface area contributed by atoms with E-state index in [0.29, 0.717) is 12.6 Å². The van der Waals surface area contributed by atoms with Gasteiger partial charge in [-0.05, 0) is 42.2 Å². The molecule has 4 aromatic rings. The molecule has 1 atom stereocenters. The smallest absolute Gasteiger partial charge is 0.124 e. The molecule has 4 nitrogen and oxygen atoms in total. The Labute approximate surface area is 176 Å². The Kier molecular flexibility index (Phi) is 5.24. The molecule has 4 heteroatoms. The van der Waals surface area contributed by atoms with Crippen molar-refractivity contribution in [2.45, 2.75) is 44.4 Å². The predicted octanol–water partition coefficient (Wildman–Crippen LogP) is 5.81. The monoisotopic (exact) mass is 398 g/mol. The minimum Gasteiger partial charge on any atom is -0.489 e. The van der Waals surface area contributed by atoms with Crippen molar-refractivity contribution >= 4 is 10.9 Å². The molecule has 1 saturated carbocycles. The first kappa shape index (κ1) is 18.9. The number of para-hydroxylation sites is 1. The van der Waals surface area contributed by atoms with Crippen LogP contribution in [0.2, 0.25) is 0 Å². The standard InChI is InChI=1S/C26H26N2O2/c29-26(20-11-8-14-22(17-20)30-18-19-9-2-1-3-10-19)25-23-15-6-7-16-24(23)28(27-25)21-12-4-5-13-21/h1-3,6-11,14-17,21,26,29H,4-5,12-13,18H2. The van der Waals surface area contributed by atoms with Crippen molar-refractivity contribution in [3.8, 4) is 5.75 Å². The second-order valence-corrected chi connectivity index (χ2v) is 8.03. The number of hydrogen-bond acceptors (Lipinski definition) is 3. The van der Waals surface area contributed by atoms with Crippen LogP contribution in [0.25, 0.3) is 10.9 Å². The zero-order valence-electron chi connectivity index (χ0n) is 16.9. The number of aromatic nitrogens is 2. The lowest BCUT2D eigenvalue weighted by Gasteiger charge is -2.13. The lowest BCUT2D eigenvalue weighted by atomic mass is 10.0. The maximum absolute atomic E-state index is 11.2. The number of aliphatic hydroxyl groups is 1. The second kappa shape index (κ2) is 8.33. The Morgan fingerprint density at radius 2 is 1.70 bits per heavy atom. The summed E-state index contributed by atoms with van der Waals surface area (Å²) in [7, 11) is 0. The van der Waals surface area contributed by atoms with Gasteiger partial charge in [0.25, 0.3) is 0 Å². The van der Waals surface area contributed by atoms with Crippen LogP contribution in [0.3, 0.4) is 0 Å². The number of fused-ring (bicyclic) bond motifs is 1. The fourth-order valence-electron chi connectivity index (χ4n) is 4.42. The molecule has 152 valence electrons. The van der Waals surface area contributed by atoms with E-state index in [4.69, 9.17) is 9.84 Å². The van der Waals surface area contributed by atoms with Crippen molar-refractivity contribution < 1.29 is 9.84 Å². The van der Waals surface area contributed by atoms with E-state index in [9.17, 15) is 5.11 Å². The van der Waals surface area contributed by atoms with Crippen molar-refractivity contribution in [3.05, 3.63) is 95.7 Å². The normalized spacial score (nSPS) is 15.5. The maximum atomic E-state index is 11.2. The van der Waals surface area contributed by atoms with Gasteiger partial charge in [0.1, 0.15) is 24.2 Å². The van der Waals surface area contributed by atoms with Crippen molar-refractivity contribution in [1.29, 1.82) is 0 Å². The van der Waals surface area contributed by atoms with Gasteiger partial charge in [-0.2, -0.15) is 5.10 Å². The van der Waals surface area contributed by atoms with Crippen molar-refractivity contribution in [2.75, 3.05) is 0 Å². The molecule has 0 bridgehead atoms. The van der Waals surface area contributed by atoms with Gasteiger partial charge in [-0.1, -0.05) is 73.5 Å². The molecule has 1 N–H and O–H groups in total. The van der Waals surface area contributed by atoms with E-state index in [0.717, 1.165) is 46.3 Å². The van der Waals surface area contributed by atoms with Gasteiger partial charge in [-0.25, -0.2) is 0 Å². The van der Waals surface area contributed by atoms with Gasteiger partial charge in [0.05, 0.1) is 11.6 Å². The number of hydrogen-bond donors (Lipinski definition) is 1. The Bertz CT molecular complexity index is 1130. The third-order valence-electron chi connectivity index (χ3n) is 5.99. The van der Waals surface area contributed by atoms with Gasteiger partial charge >= 0.3 is 0 Å². The van der Waals surface area contributed by atoms with Crippen LogP contribution in [0.15, 0.2) is 78.9 Å². The molecule has 0 saturated heterocycles. The summed E-state index contributed by atoms with van der Waals surface area (Å²) in [6.07, 6.45) is 4.01. The van der Waals surface area contributed by atoms with Crippen molar-refractivity contribution in [2.24, 2.45) is 0 Å². The molecular formula is C26H26N2O2.